The van der Waals surface area contributed by atoms with Gasteiger partial charge in [0, 0.05) is 22.7 Å². The summed E-state index contributed by atoms with van der Waals surface area (Å²) in [4.78, 5) is 5.04. The van der Waals surface area contributed by atoms with E-state index in [1.807, 2.05) is 18.3 Å². The van der Waals surface area contributed by atoms with Crippen LogP contribution in [0.2, 0.25) is 0 Å². The van der Waals surface area contributed by atoms with Crippen LogP contribution in [0.3, 0.4) is 0 Å². The first-order valence-corrected chi connectivity index (χ1v) is 13.4. The maximum absolute atomic E-state index is 6.14. The number of hydrogen-bond donors (Lipinski definition) is 0. The normalized spacial score (nSPS) is 19.3. The lowest BCUT2D eigenvalue weighted by molar-refractivity contribution is 0.669. The van der Waals surface area contributed by atoms with Crippen molar-refractivity contribution in [3.63, 3.8) is 0 Å². The van der Waals surface area contributed by atoms with Gasteiger partial charge in [-0.2, -0.15) is 0 Å². The third kappa shape index (κ3) is 3.16. The van der Waals surface area contributed by atoms with E-state index < -0.39 is 5.41 Å². The third-order valence-corrected chi connectivity index (χ3v) is 8.31. The highest BCUT2D eigenvalue weighted by atomic mass is 16.3. The largest absolute Gasteiger partial charge is 0.456 e. The Kier molecular flexibility index (Phi) is 5.30. The van der Waals surface area contributed by atoms with E-state index in [-0.39, 0.29) is 0 Å². The average molecular weight is 492 g/mol. The van der Waals surface area contributed by atoms with Crippen LogP contribution in [-0.2, 0) is 5.41 Å². The number of para-hydroxylation sites is 1. The lowest BCUT2D eigenvalue weighted by atomic mass is 9.67. The standard InChI is InChI=1S/C36H29NO/c1-3-27(25-20-21-33-30(23-25)28-15-8-10-18-32(28)38-33)35-24(2)36(26-13-5-4-6-14-26,34-19-11-12-22-37-34)31-17-9-7-16-29(31)35/h3-10,12-18,20-23H,11,19H2,1-2H3/b27-3-. The Hall–Kier alpha value is -4.43. The number of hydrogen-bond acceptors (Lipinski definition) is 2. The summed E-state index contributed by atoms with van der Waals surface area (Å²) >= 11 is 0. The molecule has 0 saturated carbocycles. The van der Waals surface area contributed by atoms with Gasteiger partial charge in [-0.3, -0.25) is 4.99 Å². The Balaban J connectivity index is 1.51. The number of aliphatic imine (C=N–C) groups is 1. The molecule has 5 aromatic rings. The fraction of sp³-hybridized carbons (Fsp3) is 0.139. The molecule has 0 radical (unpaired) electrons. The molecule has 1 atom stereocenters. The predicted molar refractivity (Wildman–Crippen MR) is 159 cm³/mol. The molecule has 0 N–H and O–H groups in total. The highest BCUT2D eigenvalue weighted by Crippen LogP contribution is 2.55. The summed E-state index contributed by atoms with van der Waals surface area (Å²) in [5.74, 6) is 0. The van der Waals surface area contributed by atoms with E-state index in [4.69, 9.17) is 9.41 Å². The van der Waals surface area contributed by atoms with E-state index in [0.29, 0.717) is 0 Å². The first-order chi connectivity index (χ1) is 18.7. The van der Waals surface area contributed by atoms with Crippen molar-refractivity contribution in [3.05, 3.63) is 143 Å². The molecular weight excluding hydrogens is 462 g/mol. The molecule has 1 aliphatic heterocycles. The molecule has 2 nitrogen and oxygen atoms in total. The number of nitrogens with zero attached hydrogens (tertiary/aromatic N) is 1. The number of fused-ring (bicyclic) bond motifs is 4. The van der Waals surface area contributed by atoms with E-state index in [1.54, 1.807) is 0 Å². The number of furan rings is 1. The molecule has 2 heteroatoms. The zero-order valence-corrected chi connectivity index (χ0v) is 21.7. The first-order valence-electron chi connectivity index (χ1n) is 13.4. The molecule has 38 heavy (non-hydrogen) atoms. The molecule has 0 amide bonds. The monoisotopic (exact) mass is 491 g/mol. The Morgan fingerprint density at radius 2 is 1.61 bits per heavy atom. The van der Waals surface area contributed by atoms with Gasteiger partial charge >= 0.3 is 0 Å². The summed E-state index contributed by atoms with van der Waals surface area (Å²) in [7, 11) is 0. The summed E-state index contributed by atoms with van der Waals surface area (Å²) in [5.41, 5.74) is 11.6. The van der Waals surface area contributed by atoms with Crippen molar-refractivity contribution in [2.75, 3.05) is 0 Å². The van der Waals surface area contributed by atoms with Crippen LogP contribution in [0.4, 0.5) is 0 Å². The lowest BCUT2D eigenvalue weighted by Crippen LogP contribution is -2.37. The zero-order valence-electron chi connectivity index (χ0n) is 21.7. The van der Waals surface area contributed by atoms with Crippen LogP contribution in [0.1, 0.15) is 48.9 Å². The van der Waals surface area contributed by atoms with Crippen molar-refractivity contribution in [2.45, 2.75) is 32.1 Å². The van der Waals surface area contributed by atoms with Crippen LogP contribution in [0.15, 0.2) is 130 Å². The molecule has 1 aromatic heterocycles. The highest BCUT2D eigenvalue weighted by molar-refractivity contribution is 6.17. The molecule has 2 heterocycles. The number of rotatable bonds is 4. The van der Waals surface area contributed by atoms with Crippen molar-refractivity contribution in [3.8, 4) is 0 Å². The van der Waals surface area contributed by atoms with Crippen molar-refractivity contribution in [2.24, 2.45) is 4.99 Å². The predicted octanol–water partition coefficient (Wildman–Crippen LogP) is 9.51. The molecule has 0 spiro atoms. The molecule has 7 rings (SSSR count). The molecule has 184 valence electrons. The van der Waals surface area contributed by atoms with Gasteiger partial charge in [0.2, 0.25) is 0 Å². The van der Waals surface area contributed by atoms with E-state index in [2.05, 4.69) is 111 Å². The molecule has 0 fully saturated rings. The molecule has 1 unspecified atom stereocenters. The third-order valence-electron chi connectivity index (χ3n) is 8.31. The first kappa shape index (κ1) is 22.7. The Labute approximate surface area is 223 Å². The van der Waals surface area contributed by atoms with E-state index in [1.165, 1.54) is 44.7 Å². The summed E-state index contributed by atoms with van der Waals surface area (Å²) in [6.45, 7) is 4.47. The van der Waals surface area contributed by atoms with E-state index >= 15 is 0 Å². The SMILES string of the molecule is C/C=C(\C1=C(C)C(C2=NC=CCC2)(c2ccccc2)c2ccccc21)c1ccc2oc3ccccc3c2c1. The Bertz CT molecular complexity index is 1830. The van der Waals surface area contributed by atoms with E-state index in [0.717, 1.165) is 34.8 Å². The van der Waals surface area contributed by atoms with Crippen LogP contribution in [-0.4, -0.2) is 5.71 Å². The van der Waals surface area contributed by atoms with Crippen LogP contribution >= 0.6 is 0 Å². The fourth-order valence-electron chi connectivity index (χ4n) is 6.70. The van der Waals surface area contributed by atoms with Crippen molar-refractivity contribution < 1.29 is 4.42 Å². The Morgan fingerprint density at radius 3 is 2.42 bits per heavy atom. The topological polar surface area (TPSA) is 25.5 Å². The summed E-state index contributed by atoms with van der Waals surface area (Å²) in [6.07, 6.45) is 8.39. The van der Waals surface area contributed by atoms with Gasteiger partial charge in [-0.15, -0.1) is 0 Å². The van der Waals surface area contributed by atoms with Crippen molar-refractivity contribution >= 4 is 38.8 Å². The number of benzene rings is 4. The Morgan fingerprint density at radius 1 is 0.842 bits per heavy atom. The second kappa shape index (κ2) is 8.85. The maximum Gasteiger partial charge on any atom is 0.135 e. The van der Waals surface area contributed by atoms with Gasteiger partial charge in [0.1, 0.15) is 11.2 Å². The van der Waals surface area contributed by atoms with Crippen molar-refractivity contribution in [1.82, 2.24) is 0 Å². The second-order valence-electron chi connectivity index (χ2n) is 10.2. The smallest absolute Gasteiger partial charge is 0.135 e. The van der Waals surface area contributed by atoms with Crippen molar-refractivity contribution in [1.29, 1.82) is 0 Å². The molecule has 2 aliphatic rings. The summed E-state index contributed by atoms with van der Waals surface area (Å²) in [5, 5.41) is 2.30. The van der Waals surface area contributed by atoms with Gasteiger partial charge < -0.3 is 4.42 Å². The second-order valence-corrected chi connectivity index (χ2v) is 10.2. The molecule has 0 bridgehead atoms. The van der Waals surface area contributed by atoms with Gasteiger partial charge in [0.15, 0.2) is 0 Å². The molecule has 4 aromatic carbocycles. The van der Waals surface area contributed by atoms with Gasteiger partial charge in [-0.05, 0) is 83.9 Å². The molecular formula is C36H29NO. The van der Waals surface area contributed by atoms with E-state index in [9.17, 15) is 0 Å². The minimum Gasteiger partial charge on any atom is -0.456 e. The highest BCUT2D eigenvalue weighted by Gasteiger charge is 2.48. The minimum atomic E-state index is -0.390. The summed E-state index contributed by atoms with van der Waals surface area (Å²) in [6, 6.07) is 34.8. The molecule has 0 saturated heterocycles. The molecule has 1 aliphatic carbocycles. The van der Waals surface area contributed by atoms with Gasteiger partial charge in [0.05, 0.1) is 5.41 Å². The lowest BCUT2D eigenvalue weighted by Gasteiger charge is -2.36. The van der Waals surface area contributed by atoms with Crippen LogP contribution in [0.5, 0.6) is 0 Å². The zero-order chi connectivity index (χ0) is 25.7. The average Bonchev–Trinajstić information content (AvgIpc) is 3.48. The van der Waals surface area contributed by atoms with Gasteiger partial charge in [-0.25, -0.2) is 0 Å². The van der Waals surface area contributed by atoms with Crippen LogP contribution < -0.4 is 0 Å². The van der Waals surface area contributed by atoms with Gasteiger partial charge in [0.25, 0.3) is 0 Å². The minimum absolute atomic E-state index is 0.390. The van der Waals surface area contributed by atoms with Gasteiger partial charge in [-0.1, -0.05) is 91.0 Å². The fourth-order valence-corrected chi connectivity index (χ4v) is 6.70. The van der Waals surface area contributed by atoms with Crippen LogP contribution in [0, 0.1) is 0 Å². The maximum atomic E-state index is 6.14. The van der Waals surface area contributed by atoms with Crippen LogP contribution in [0.25, 0.3) is 33.1 Å². The quantitative estimate of drug-likeness (QED) is 0.246. The summed E-state index contributed by atoms with van der Waals surface area (Å²) < 4.78 is 6.14. The number of allylic oxidation sites excluding steroid dienone is 5.